The molecule has 8 heteroatoms. The van der Waals surface area contributed by atoms with Crippen LogP contribution in [-0.2, 0) is 16.6 Å². The Morgan fingerprint density at radius 3 is 2.47 bits per heavy atom. The van der Waals surface area contributed by atoms with Crippen molar-refractivity contribution < 1.29 is 14.7 Å². The van der Waals surface area contributed by atoms with E-state index in [1.807, 2.05) is 6.92 Å². The molecule has 0 spiro atoms. The van der Waals surface area contributed by atoms with E-state index in [4.69, 9.17) is 10.8 Å². The predicted octanol–water partition coefficient (Wildman–Crippen LogP) is -0.259. The van der Waals surface area contributed by atoms with Crippen molar-refractivity contribution in [3.63, 3.8) is 0 Å². The van der Waals surface area contributed by atoms with Gasteiger partial charge >= 0.3 is 5.97 Å². The van der Waals surface area contributed by atoms with Gasteiger partial charge in [-0.25, -0.2) is 0 Å². The number of aryl methyl sites for hydroxylation is 2. The van der Waals surface area contributed by atoms with Crippen LogP contribution >= 0.6 is 11.8 Å². The van der Waals surface area contributed by atoms with Crippen LogP contribution in [0.25, 0.3) is 0 Å². The summed E-state index contributed by atoms with van der Waals surface area (Å²) in [5.41, 5.74) is 6.11. The highest BCUT2D eigenvalue weighted by Gasteiger charge is 2.16. The van der Waals surface area contributed by atoms with Gasteiger partial charge in [0.15, 0.2) is 0 Å². The van der Waals surface area contributed by atoms with Gasteiger partial charge in [0, 0.05) is 18.8 Å². The van der Waals surface area contributed by atoms with Crippen LogP contribution in [-0.4, -0.2) is 44.7 Å². The largest absolute Gasteiger partial charge is 0.480 e. The minimum atomic E-state index is -1.06. The number of carboxylic acid groups (broad SMARTS) is 1. The summed E-state index contributed by atoms with van der Waals surface area (Å²) >= 11 is 1.30. The van der Waals surface area contributed by atoms with Crippen LogP contribution in [0.5, 0.6) is 0 Å². The Kier molecular flexibility index (Phi) is 7.85. The molecule has 7 nitrogen and oxygen atoms in total. The smallest absolute Gasteiger partial charge is 0.320 e. The molecule has 0 aliphatic carbocycles. The van der Waals surface area contributed by atoms with Gasteiger partial charge in [0.05, 0.1) is 5.25 Å². The van der Waals surface area contributed by atoms with Gasteiger partial charge in [-0.15, -0.1) is 0 Å². The average molecular weight is 289 g/mol. The van der Waals surface area contributed by atoms with Crippen molar-refractivity contribution in [2.24, 2.45) is 12.8 Å². The molecule has 19 heavy (non-hydrogen) atoms. The number of nitrogens with one attached hydrogen (secondary N) is 1. The number of thioether (sulfide) groups is 1. The van der Waals surface area contributed by atoms with E-state index in [0.29, 0.717) is 6.29 Å². The van der Waals surface area contributed by atoms with Crippen LogP contribution < -0.4 is 11.3 Å². The topological polar surface area (TPSA) is 118 Å². The van der Waals surface area contributed by atoms with Gasteiger partial charge in [0.2, 0.25) is 0 Å². The summed E-state index contributed by atoms with van der Waals surface area (Å²) in [6, 6.07) is 0.623. The molecule has 1 aromatic heterocycles. The summed E-state index contributed by atoms with van der Waals surface area (Å²) in [7, 11) is 1.69. The fraction of sp³-hybridized carbons (Fsp3) is 0.545. The number of H-pyrrole nitrogens is 1. The highest BCUT2D eigenvalue weighted by Crippen LogP contribution is 2.09. The van der Waals surface area contributed by atoms with Crippen LogP contribution in [0.3, 0.4) is 0 Å². The number of carbonyl (C=O) groups excluding carboxylic acids is 1. The maximum Gasteiger partial charge on any atom is 0.320 e. The lowest BCUT2D eigenvalue weighted by molar-refractivity contribution is -0.138. The van der Waals surface area contributed by atoms with Crippen molar-refractivity contribution >= 4 is 24.0 Å². The van der Waals surface area contributed by atoms with E-state index in [0.717, 1.165) is 5.69 Å². The molecule has 0 aliphatic rings. The maximum absolute atomic E-state index is 10.6. The number of hydrogen-bond acceptors (Lipinski definition) is 5. The second-order valence-corrected chi connectivity index (χ2v) is 5.00. The summed E-state index contributed by atoms with van der Waals surface area (Å²) in [4.78, 5) is 31.0. The highest BCUT2D eigenvalue weighted by molar-refractivity contribution is 7.99. The summed E-state index contributed by atoms with van der Waals surface area (Å²) in [6.07, 6.45) is 2.65. The summed E-state index contributed by atoms with van der Waals surface area (Å²) in [6.45, 7) is 1.85. The number of nitrogens with two attached hydrogens (primary N) is 1. The zero-order valence-electron chi connectivity index (χ0n) is 11.1. The SMILES string of the molecule is CSC(C=O)CC(N)C(=O)O.Cc1cc(=O)n(C)[nH]1. The van der Waals surface area contributed by atoms with Gasteiger partial charge < -0.3 is 20.7 Å². The number of carboxylic acids is 1. The molecule has 0 radical (unpaired) electrons. The molecule has 1 aromatic rings. The third-order valence-corrected chi connectivity index (χ3v) is 3.18. The molecule has 2 unspecified atom stereocenters. The van der Waals surface area contributed by atoms with E-state index >= 15 is 0 Å². The van der Waals surface area contributed by atoms with Crippen molar-refractivity contribution in [1.82, 2.24) is 9.78 Å². The fourth-order valence-corrected chi connectivity index (χ4v) is 1.70. The van der Waals surface area contributed by atoms with Gasteiger partial charge in [-0.3, -0.25) is 14.3 Å². The molecular formula is C11H19N3O4S. The van der Waals surface area contributed by atoms with Gasteiger partial charge in [0.25, 0.3) is 5.56 Å². The number of carbonyl (C=O) groups is 2. The number of rotatable bonds is 5. The first-order valence-corrected chi connectivity index (χ1v) is 6.79. The fourth-order valence-electron chi connectivity index (χ4n) is 1.19. The lowest BCUT2D eigenvalue weighted by Crippen LogP contribution is -2.33. The molecule has 4 N–H and O–H groups in total. The molecule has 0 amide bonds. The molecule has 1 rings (SSSR count). The molecule has 108 valence electrons. The Bertz CT molecular complexity index is 469. The number of hydrogen-bond donors (Lipinski definition) is 3. The van der Waals surface area contributed by atoms with E-state index in [1.54, 1.807) is 19.4 Å². The van der Waals surface area contributed by atoms with Gasteiger partial charge in [-0.1, -0.05) is 0 Å². The molecule has 1 heterocycles. The Morgan fingerprint density at radius 1 is 1.68 bits per heavy atom. The first-order chi connectivity index (χ1) is 8.81. The van der Waals surface area contributed by atoms with Gasteiger partial charge in [0.1, 0.15) is 12.3 Å². The molecule has 0 fully saturated rings. The van der Waals surface area contributed by atoms with Crippen LogP contribution in [0.4, 0.5) is 0 Å². The van der Waals surface area contributed by atoms with Crippen molar-refractivity contribution in [3.8, 4) is 0 Å². The molecule has 0 aromatic carbocycles. The third-order valence-electron chi connectivity index (χ3n) is 2.27. The van der Waals surface area contributed by atoms with Crippen LogP contribution in [0.15, 0.2) is 10.9 Å². The first kappa shape index (κ1) is 17.5. The molecule has 0 aliphatic heterocycles. The van der Waals surface area contributed by atoms with Crippen molar-refractivity contribution in [2.45, 2.75) is 24.6 Å². The number of aldehydes is 1. The van der Waals surface area contributed by atoms with Crippen molar-refractivity contribution in [3.05, 3.63) is 22.1 Å². The quantitative estimate of drug-likeness (QED) is 0.643. The minimum absolute atomic E-state index is 0.0162. The molecular weight excluding hydrogens is 270 g/mol. The van der Waals surface area contributed by atoms with Crippen LogP contribution in [0, 0.1) is 6.92 Å². The third kappa shape index (κ3) is 6.82. The van der Waals surface area contributed by atoms with E-state index in [-0.39, 0.29) is 17.2 Å². The Hall–Kier alpha value is -1.54. The molecule has 0 saturated heterocycles. The van der Waals surface area contributed by atoms with Crippen LogP contribution in [0.2, 0.25) is 0 Å². The van der Waals surface area contributed by atoms with Crippen molar-refractivity contribution in [2.75, 3.05) is 6.26 Å². The summed E-state index contributed by atoms with van der Waals surface area (Å²) in [5.74, 6) is -1.06. The number of aliphatic carboxylic acids is 1. The predicted molar refractivity (Wildman–Crippen MR) is 74.4 cm³/mol. The van der Waals surface area contributed by atoms with Crippen LogP contribution in [0.1, 0.15) is 12.1 Å². The Labute approximate surface area is 115 Å². The number of aromatic amines is 1. The van der Waals surface area contributed by atoms with Gasteiger partial charge in [-0.05, 0) is 19.6 Å². The zero-order valence-corrected chi connectivity index (χ0v) is 11.9. The van der Waals surface area contributed by atoms with E-state index in [9.17, 15) is 14.4 Å². The second kappa shape index (κ2) is 8.54. The molecule has 0 saturated carbocycles. The summed E-state index contributed by atoms with van der Waals surface area (Å²) in [5, 5.41) is 10.9. The van der Waals surface area contributed by atoms with Gasteiger partial charge in [-0.2, -0.15) is 11.8 Å². The summed E-state index contributed by atoms with van der Waals surface area (Å²) < 4.78 is 1.44. The highest BCUT2D eigenvalue weighted by atomic mass is 32.2. The molecule has 2 atom stereocenters. The monoisotopic (exact) mass is 289 g/mol. The van der Waals surface area contributed by atoms with E-state index in [2.05, 4.69) is 5.10 Å². The number of nitrogens with zero attached hydrogens (tertiary/aromatic N) is 1. The minimum Gasteiger partial charge on any atom is -0.480 e. The standard InChI is InChI=1S/C6H11NO3S.C5H8N2O/c1-11-4(3-8)2-5(7)6(9)10;1-4-3-5(8)7(2)6-4/h3-5H,2,7H2,1H3,(H,9,10);3,6H,1-2H3. The second-order valence-electron chi connectivity index (χ2n) is 3.93. The average Bonchev–Trinajstić information content (AvgIpc) is 2.63. The lowest BCUT2D eigenvalue weighted by atomic mass is 10.2. The van der Waals surface area contributed by atoms with E-state index in [1.165, 1.54) is 16.4 Å². The van der Waals surface area contributed by atoms with E-state index < -0.39 is 12.0 Å². The van der Waals surface area contributed by atoms with Crippen molar-refractivity contribution in [1.29, 1.82) is 0 Å². The lowest BCUT2D eigenvalue weighted by Gasteiger charge is -2.09. The molecule has 0 bridgehead atoms. The maximum atomic E-state index is 10.6. The first-order valence-electron chi connectivity index (χ1n) is 5.51. The Balaban J connectivity index is 0.000000356. The number of aromatic nitrogens is 2. The normalized spacial score (nSPS) is 13.1. The Morgan fingerprint density at radius 2 is 2.26 bits per heavy atom. The zero-order chi connectivity index (χ0) is 15.0.